The zero-order chi connectivity index (χ0) is 13.7. The molecule has 3 nitrogen and oxygen atoms in total. The van der Waals surface area contributed by atoms with E-state index in [4.69, 9.17) is 9.84 Å². The number of carbonyl (C=O) groups is 1. The van der Waals surface area contributed by atoms with Crippen LogP contribution < -0.4 is 4.74 Å². The van der Waals surface area contributed by atoms with Crippen LogP contribution in [0.5, 0.6) is 11.5 Å². The summed E-state index contributed by atoms with van der Waals surface area (Å²) in [5, 5.41) is 8.61. The second kappa shape index (κ2) is 5.82. The normalized spacial score (nSPS) is 10.6. The van der Waals surface area contributed by atoms with Crippen LogP contribution in [-0.4, -0.2) is 11.1 Å². The third-order valence-electron chi connectivity index (χ3n) is 2.35. The Morgan fingerprint density at radius 1 is 1.16 bits per heavy atom. The molecule has 0 amide bonds. The third-order valence-corrected chi connectivity index (χ3v) is 2.35. The van der Waals surface area contributed by atoms with E-state index in [2.05, 4.69) is 0 Å². The first-order valence-corrected chi connectivity index (χ1v) is 5.58. The average molecular weight is 258 g/mol. The van der Waals surface area contributed by atoms with Gasteiger partial charge in [0.1, 0.15) is 17.3 Å². The van der Waals surface area contributed by atoms with Gasteiger partial charge in [-0.2, -0.15) is 0 Å². The fourth-order valence-electron chi connectivity index (χ4n) is 1.53. The van der Waals surface area contributed by atoms with E-state index in [1.54, 1.807) is 36.4 Å². The Hall–Kier alpha value is -2.62. The summed E-state index contributed by atoms with van der Waals surface area (Å²) in [6, 6.07) is 12.7. The number of hydrogen-bond donors (Lipinski definition) is 1. The van der Waals surface area contributed by atoms with Crippen molar-refractivity contribution in [2.24, 2.45) is 0 Å². The van der Waals surface area contributed by atoms with Gasteiger partial charge in [0.2, 0.25) is 0 Å². The smallest absolute Gasteiger partial charge is 0.328 e. The van der Waals surface area contributed by atoms with Crippen LogP contribution in [0.15, 0.2) is 54.6 Å². The molecule has 19 heavy (non-hydrogen) atoms. The van der Waals surface area contributed by atoms with E-state index in [0.29, 0.717) is 17.1 Å². The van der Waals surface area contributed by atoms with E-state index in [1.165, 1.54) is 18.2 Å². The molecule has 1 N–H and O–H groups in total. The van der Waals surface area contributed by atoms with Crippen molar-refractivity contribution in [3.63, 3.8) is 0 Å². The van der Waals surface area contributed by atoms with Gasteiger partial charge in [0.25, 0.3) is 0 Å². The van der Waals surface area contributed by atoms with Gasteiger partial charge < -0.3 is 9.84 Å². The highest BCUT2D eigenvalue weighted by Crippen LogP contribution is 2.26. The largest absolute Gasteiger partial charge is 0.478 e. The van der Waals surface area contributed by atoms with Gasteiger partial charge in [-0.25, -0.2) is 9.18 Å². The summed E-state index contributed by atoms with van der Waals surface area (Å²) in [6.07, 6.45) is 2.45. The molecule has 0 aliphatic rings. The Balaban J connectivity index is 2.27. The van der Waals surface area contributed by atoms with Gasteiger partial charge in [0, 0.05) is 17.7 Å². The van der Waals surface area contributed by atoms with E-state index in [1.807, 2.05) is 0 Å². The average Bonchev–Trinajstić information content (AvgIpc) is 2.38. The molecule has 0 aliphatic heterocycles. The van der Waals surface area contributed by atoms with Gasteiger partial charge in [-0.15, -0.1) is 0 Å². The van der Waals surface area contributed by atoms with Crippen LogP contribution in [0.2, 0.25) is 0 Å². The van der Waals surface area contributed by atoms with Crippen LogP contribution in [-0.2, 0) is 4.79 Å². The minimum atomic E-state index is -1.04. The van der Waals surface area contributed by atoms with E-state index >= 15 is 0 Å². The molecule has 2 aromatic carbocycles. The zero-order valence-corrected chi connectivity index (χ0v) is 9.92. The maximum absolute atomic E-state index is 13.1. The molecule has 0 unspecified atom stereocenters. The molecule has 96 valence electrons. The van der Waals surface area contributed by atoms with Crippen molar-refractivity contribution in [2.75, 3.05) is 0 Å². The number of hydrogen-bond acceptors (Lipinski definition) is 2. The second-order valence-corrected chi connectivity index (χ2v) is 3.77. The van der Waals surface area contributed by atoms with E-state index in [0.717, 1.165) is 6.08 Å². The van der Waals surface area contributed by atoms with Crippen LogP contribution in [0.1, 0.15) is 5.56 Å². The first-order valence-electron chi connectivity index (χ1n) is 5.58. The Bertz CT molecular complexity index is 620. The Labute approximate surface area is 109 Å². The van der Waals surface area contributed by atoms with Crippen LogP contribution >= 0.6 is 0 Å². The molecule has 0 saturated carbocycles. The Morgan fingerprint density at radius 2 is 1.95 bits per heavy atom. The number of carboxylic acids is 1. The molecule has 2 aromatic rings. The minimum Gasteiger partial charge on any atom is -0.478 e. The maximum atomic E-state index is 13.1. The summed E-state index contributed by atoms with van der Waals surface area (Å²) in [4.78, 5) is 10.5. The summed E-state index contributed by atoms with van der Waals surface area (Å²) in [5.74, 6) is -0.613. The topological polar surface area (TPSA) is 46.5 Å². The monoisotopic (exact) mass is 258 g/mol. The van der Waals surface area contributed by atoms with Crippen molar-refractivity contribution in [1.29, 1.82) is 0 Å². The highest BCUT2D eigenvalue weighted by atomic mass is 19.1. The number of ether oxygens (including phenoxy) is 1. The summed E-state index contributed by atoms with van der Waals surface area (Å²) in [5.41, 5.74) is 0.606. The summed E-state index contributed by atoms with van der Waals surface area (Å²) >= 11 is 0. The van der Waals surface area contributed by atoms with Crippen molar-refractivity contribution in [2.45, 2.75) is 0 Å². The molecule has 0 radical (unpaired) electrons. The van der Waals surface area contributed by atoms with Gasteiger partial charge in [0.05, 0.1) is 0 Å². The van der Waals surface area contributed by atoms with Crippen LogP contribution in [0.4, 0.5) is 4.39 Å². The number of benzene rings is 2. The van der Waals surface area contributed by atoms with Crippen molar-refractivity contribution in [3.05, 3.63) is 66.0 Å². The molecule has 0 atom stereocenters. The third kappa shape index (κ3) is 3.67. The van der Waals surface area contributed by atoms with E-state index < -0.39 is 11.8 Å². The van der Waals surface area contributed by atoms with Gasteiger partial charge in [-0.3, -0.25) is 0 Å². The van der Waals surface area contributed by atoms with Crippen molar-refractivity contribution in [3.8, 4) is 11.5 Å². The fourth-order valence-corrected chi connectivity index (χ4v) is 1.53. The number of carboxylic acid groups (broad SMARTS) is 1. The van der Waals surface area contributed by atoms with Gasteiger partial charge in [-0.1, -0.05) is 24.3 Å². The molecule has 2 rings (SSSR count). The van der Waals surface area contributed by atoms with Crippen molar-refractivity contribution in [1.82, 2.24) is 0 Å². The van der Waals surface area contributed by atoms with Crippen LogP contribution in [0.3, 0.4) is 0 Å². The van der Waals surface area contributed by atoms with Crippen LogP contribution in [0.25, 0.3) is 6.08 Å². The summed E-state index contributed by atoms with van der Waals surface area (Å²) in [7, 11) is 0. The van der Waals surface area contributed by atoms with E-state index in [-0.39, 0.29) is 0 Å². The lowest BCUT2D eigenvalue weighted by molar-refractivity contribution is -0.131. The number of aliphatic carboxylic acids is 1. The molecular weight excluding hydrogens is 247 g/mol. The first-order chi connectivity index (χ1) is 9.15. The summed E-state index contributed by atoms with van der Waals surface area (Å²) in [6.45, 7) is 0. The molecular formula is C15H11FO3. The second-order valence-electron chi connectivity index (χ2n) is 3.77. The van der Waals surface area contributed by atoms with Crippen molar-refractivity contribution >= 4 is 12.0 Å². The molecule has 0 heterocycles. The highest BCUT2D eigenvalue weighted by Gasteiger charge is 2.03. The van der Waals surface area contributed by atoms with Crippen LogP contribution in [0, 0.1) is 5.82 Å². The predicted octanol–water partition coefficient (Wildman–Crippen LogP) is 3.72. The number of para-hydroxylation sites is 1. The van der Waals surface area contributed by atoms with E-state index in [9.17, 15) is 9.18 Å². The quantitative estimate of drug-likeness (QED) is 0.850. The van der Waals surface area contributed by atoms with Crippen molar-refractivity contribution < 1.29 is 19.0 Å². The van der Waals surface area contributed by atoms with Gasteiger partial charge >= 0.3 is 5.97 Å². The van der Waals surface area contributed by atoms with Gasteiger partial charge in [-0.05, 0) is 24.3 Å². The lowest BCUT2D eigenvalue weighted by atomic mass is 10.2. The fraction of sp³-hybridized carbons (Fsp3) is 0. The molecule has 0 aromatic heterocycles. The Kier molecular flexibility index (Phi) is 3.93. The highest BCUT2D eigenvalue weighted by molar-refractivity contribution is 5.85. The first kappa shape index (κ1) is 12.8. The lowest BCUT2D eigenvalue weighted by Gasteiger charge is -2.08. The predicted molar refractivity (Wildman–Crippen MR) is 69.6 cm³/mol. The molecule has 0 saturated heterocycles. The molecule has 0 fully saturated rings. The molecule has 0 spiro atoms. The number of rotatable bonds is 4. The molecule has 4 heteroatoms. The minimum absolute atomic E-state index is 0.358. The standard InChI is InChI=1S/C15H11FO3/c16-12-5-3-6-13(10-12)19-14-7-2-1-4-11(14)8-9-15(17)18/h1-10H,(H,17,18)/b9-8+. The zero-order valence-electron chi connectivity index (χ0n) is 9.92. The SMILES string of the molecule is O=C(O)/C=C/c1ccccc1Oc1cccc(F)c1. The summed E-state index contributed by atoms with van der Waals surface area (Å²) < 4.78 is 18.6. The number of halogens is 1. The van der Waals surface area contributed by atoms with Gasteiger partial charge in [0.15, 0.2) is 0 Å². The lowest BCUT2D eigenvalue weighted by Crippen LogP contribution is -1.90. The molecule has 0 aliphatic carbocycles. The Morgan fingerprint density at radius 3 is 2.68 bits per heavy atom. The molecule has 0 bridgehead atoms. The maximum Gasteiger partial charge on any atom is 0.328 e.